The third kappa shape index (κ3) is 4.61. The van der Waals surface area contributed by atoms with Crippen molar-refractivity contribution in [1.29, 1.82) is 0 Å². The second-order valence-electron chi connectivity index (χ2n) is 5.43. The number of amides is 1. The molecule has 3 rings (SSSR count). The summed E-state index contributed by atoms with van der Waals surface area (Å²) in [5.41, 5.74) is 0. The van der Waals surface area contributed by atoms with Crippen LogP contribution in [0.2, 0.25) is 5.02 Å². The highest BCUT2D eigenvalue weighted by Gasteiger charge is 2.19. The van der Waals surface area contributed by atoms with Gasteiger partial charge in [-0.3, -0.25) is 9.69 Å². The molecule has 2 heterocycles. The van der Waals surface area contributed by atoms with Crippen LogP contribution in [0.5, 0.6) is 5.75 Å². The molecule has 1 amide bonds. The summed E-state index contributed by atoms with van der Waals surface area (Å²) in [5.74, 6) is 2.32. The molecule has 0 saturated carbocycles. The van der Waals surface area contributed by atoms with Gasteiger partial charge in [0.05, 0.1) is 6.54 Å². The van der Waals surface area contributed by atoms with Gasteiger partial charge in [0, 0.05) is 11.2 Å². The number of carbonyl (C=O) groups is 1. The van der Waals surface area contributed by atoms with E-state index in [1.54, 1.807) is 42.6 Å². The highest BCUT2D eigenvalue weighted by molar-refractivity contribution is 6.30. The molecule has 0 unspecified atom stereocenters. The molecule has 0 aliphatic rings. The van der Waals surface area contributed by atoms with Gasteiger partial charge in [-0.1, -0.05) is 23.7 Å². The van der Waals surface area contributed by atoms with Crippen molar-refractivity contribution in [3.8, 4) is 5.75 Å². The van der Waals surface area contributed by atoms with Crippen LogP contribution in [-0.4, -0.2) is 17.5 Å². The topological polar surface area (TPSA) is 55.6 Å². The van der Waals surface area contributed by atoms with Crippen LogP contribution < -0.4 is 9.64 Å². The van der Waals surface area contributed by atoms with E-state index in [1.165, 1.54) is 4.90 Å². The number of ether oxygens (including phenoxy) is 1. The Morgan fingerprint density at radius 3 is 2.76 bits per heavy atom. The number of anilines is 1. The van der Waals surface area contributed by atoms with E-state index in [0.29, 0.717) is 22.4 Å². The molecule has 1 aromatic carbocycles. The summed E-state index contributed by atoms with van der Waals surface area (Å²) in [6.45, 7) is 2.01. The largest absolute Gasteiger partial charge is 0.484 e. The third-order valence-electron chi connectivity index (χ3n) is 3.50. The van der Waals surface area contributed by atoms with Crippen molar-refractivity contribution >= 4 is 23.3 Å². The van der Waals surface area contributed by atoms with Gasteiger partial charge in [0.25, 0.3) is 5.91 Å². The van der Waals surface area contributed by atoms with Gasteiger partial charge in [-0.2, -0.15) is 0 Å². The quantitative estimate of drug-likeness (QED) is 0.662. The van der Waals surface area contributed by atoms with E-state index in [0.717, 1.165) is 5.76 Å². The molecule has 0 aliphatic carbocycles. The Hall–Kier alpha value is -2.79. The molecular weight excluding hydrogens is 340 g/mol. The minimum Gasteiger partial charge on any atom is -0.484 e. The van der Waals surface area contributed by atoms with E-state index < -0.39 is 0 Å². The van der Waals surface area contributed by atoms with Gasteiger partial charge in [0.15, 0.2) is 6.61 Å². The first-order valence-corrected chi connectivity index (χ1v) is 8.15. The zero-order chi connectivity index (χ0) is 17.6. The Bertz CT molecular complexity index is 849. The molecule has 0 N–H and O–H groups in total. The lowest BCUT2D eigenvalue weighted by Crippen LogP contribution is -2.35. The average Bonchev–Trinajstić information content (AvgIpc) is 3.03. The van der Waals surface area contributed by atoms with Crippen LogP contribution in [0.3, 0.4) is 0 Å². The maximum Gasteiger partial charge on any atom is 0.266 e. The van der Waals surface area contributed by atoms with Crippen LogP contribution in [0.4, 0.5) is 5.82 Å². The zero-order valence-electron chi connectivity index (χ0n) is 13.7. The summed E-state index contributed by atoms with van der Waals surface area (Å²) in [5, 5.41) is 0.553. The van der Waals surface area contributed by atoms with Crippen molar-refractivity contribution in [3.05, 3.63) is 77.3 Å². The minimum atomic E-state index is -0.229. The van der Waals surface area contributed by atoms with E-state index in [4.69, 9.17) is 20.8 Å². The number of hydrogen-bond donors (Lipinski definition) is 0. The van der Waals surface area contributed by atoms with Crippen LogP contribution in [0.25, 0.3) is 0 Å². The summed E-state index contributed by atoms with van der Waals surface area (Å²) in [6, 6.07) is 16.0. The summed E-state index contributed by atoms with van der Waals surface area (Å²) in [7, 11) is 0. The summed E-state index contributed by atoms with van der Waals surface area (Å²) in [4.78, 5) is 18.5. The second-order valence-corrected chi connectivity index (χ2v) is 5.86. The van der Waals surface area contributed by atoms with E-state index in [9.17, 15) is 4.79 Å². The lowest BCUT2D eigenvalue weighted by Gasteiger charge is -2.20. The zero-order valence-corrected chi connectivity index (χ0v) is 14.4. The fourth-order valence-corrected chi connectivity index (χ4v) is 2.50. The van der Waals surface area contributed by atoms with Crippen molar-refractivity contribution in [2.45, 2.75) is 13.5 Å². The van der Waals surface area contributed by atoms with Gasteiger partial charge < -0.3 is 9.15 Å². The molecule has 0 bridgehead atoms. The fraction of sp³-hybridized carbons (Fsp3) is 0.158. The molecular formula is C19H17ClN2O3. The second kappa shape index (κ2) is 7.85. The first kappa shape index (κ1) is 17.0. The van der Waals surface area contributed by atoms with Gasteiger partial charge in [0.1, 0.15) is 23.1 Å². The molecule has 0 saturated heterocycles. The molecule has 2 aromatic heterocycles. The van der Waals surface area contributed by atoms with Crippen molar-refractivity contribution in [1.82, 2.24) is 4.98 Å². The molecule has 0 radical (unpaired) electrons. The molecule has 0 aliphatic heterocycles. The number of aryl methyl sites for hydroxylation is 1. The van der Waals surface area contributed by atoms with Gasteiger partial charge in [0.2, 0.25) is 0 Å². The third-order valence-corrected chi connectivity index (χ3v) is 3.73. The molecule has 0 fully saturated rings. The number of pyridine rings is 1. The van der Waals surface area contributed by atoms with Gasteiger partial charge >= 0.3 is 0 Å². The van der Waals surface area contributed by atoms with Crippen LogP contribution in [0.15, 0.2) is 65.2 Å². The number of halogens is 1. The lowest BCUT2D eigenvalue weighted by atomic mass is 10.3. The summed E-state index contributed by atoms with van der Waals surface area (Å²) >= 11 is 5.93. The Morgan fingerprint density at radius 1 is 1.20 bits per heavy atom. The van der Waals surface area contributed by atoms with E-state index in [2.05, 4.69) is 4.98 Å². The summed E-state index contributed by atoms with van der Waals surface area (Å²) < 4.78 is 11.1. The fourth-order valence-electron chi connectivity index (χ4n) is 2.32. The normalized spacial score (nSPS) is 10.5. The number of aromatic nitrogens is 1. The standard InChI is InChI=1S/C19H17ClN2O3/c1-14-8-9-17(25-14)12-22(18-7-2-3-10-21-18)19(23)13-24-16-6-4-5-15(20)11-16/h2-11H,12-13H2,1H3. The first-order valence-electron chi connectivity index (χ1n) is 7.77. The molecule has 0 spiro atoms. The number of benzene rings is 1. The highest BCUT2D eigenvalue weighted by Crippen LogP contribution is 2.19. The predicted octanol–water partition coefficient (Wildman–Crippen LogP) is 4.25. The maximum atomic E-state index is 12.7. The number of carbonyl (C=O) groups excluding carboxylic acids is 1. The van der Waals surface area contributed by atoms with E-state index in [1.807, 2.05) is 25.1 Å². The monoisotopic (exact) mass is 356 g/mol. The minimum absolute atomic E-state index is 0.128. The van der Waals surface area contributed by atoms with E-state index in [-0.39, 0.29) is 19.1 Å². The molecule has 25 heavy (non-hydrogen) atoms. The highest BCUT2D eigenvalue weighted by atomic mass is 35.5. The Kier molecular flexibility index (Phi) is 5.36. The van der Waals surface area contributed by atoms with Gasteiger partial charge in [-0.25, -0.2) is 4.98 Å². The molecule has 128 valence electrons. The number of nitrogens with zero attached hydrogens (tertiary/aromatic N) is 2. The van der Waals surface area contributed by atoms with Crippen LogP contribution in [-0.2, 0) is 11.3 Å². The number of hydrogen-bond acceptors (Lipinski definition) is 4. The molecule has 5 nitrogen and oxygen atoms in total. The molecule has 6 heteroatoms. The van der Waals surface area contributed by atoms with Crippen LogP contribution >= 0.6 is 11.6 Å². The lowest BCUT2D eigenvalue weighted by molar-refractivity contribution is -0.120. The smallest absolute Gasteiger partial charge is 0.266 e. The SMILES string of the molecule is Cc1ccc(CN(C(=O)COc2cccc(Cl)c2)c2ccccn2)o1. The maximum absolute atomic E-state index is 12.7. The Balaban J connectivity index is 1.75. The van der Waals surface area contributed by atoms with Crippen molar-refractivity contribution in [2.75, 3.05) is 11.5 Å². The molecule has 0 atom stereocenters. The van der Waals surface area contributed by atoms with Crippen molar-refractivity contribution in [3.63, 3.8) is 0 Å². The first-order chi connectivity index (χ1) is 12.1. The van der Waals surface area contributed by atoms with Crippen LogP contribution in [0.1, 0.15) is 11.5 Å². The van der Waals surface area contributed by atoms with Gasteiger partial charge in [-0.05, 0) is 49.4 Å². The van der Waals surface area contributed by atoms with Crippen molar-refractivity contribution in [2.24, 2.45) is 0 Å². The van der Waals surface area contributed by atoms with E-state index >= 15 is 0 Å². The average molecular weight is 357 g/mol. The summed E-state index contributed by atoms with van der Waals surface area (Å²) in [6.07, 6.45) is 1.64. The number of rotatable bonds is 6. The Labute approximate surface area is 150 Å². The Morgan fingerprint density at radius 2 is 2.08 bits per heavy atom. The predicted molar refractivity (Wildman–Crippen MR) is 95.8 cm³/mol. The van der Waals surface area contributed by atoms with Crippen LogP contribution in [0, 0.1) is 6.92 Å². The van der Waals surface area contributed by atoms with Crippen molar-refractivity contribution < 1.29 is 13.9 Å². The van der Waals surface area contributed by atoms with Gasteiger partial charge in [-0.15, -0.1) is 0 Å². The molecule has 3 aromatic rings. The number of furan rings is 1.